The molecule has 3 aromatic heterocycles. The van der Waals surface area contributed by atoms with Crippen molar-refractivity contribution in [2.24, 2.45) is 0 Å². The average molecular weight is 609 g/mol. The molecule has 10 rings (SSSR count). The van der Waals surface area contributed by atoms with Crippen LogP contribution in [0.4, 0.5) is 0 Å². The number of aromatic nitrogens is 2. The number of rotatable bonds is 2. The maximum Gasteiger partial charge on any atom is 0.159 e. The first-order valence-electron chi connectivity index (χ1n) is 16.8. The molecule has 0 unspecified atom stereocenters. The van der Waals surface area contributed by atoms with Crippen LogP contribution in [0.2, 0.25) is 0 Å². The fourth-order valence-electron chi connectivity index (χ4n) is 8.63. The second kappa shape index (κ2) is 9.17. The van der Waals surface area contributed by atoms with E-state index in [0.29, 0.717) is 0 Å². The summed E-state index contributed by atoms with van der Waals surface area (Å²) in [5.74, 6) is 0. The van der Waals surface area contributed by atoms with Crippen LogP contribution < -0.4 is 0 Å². The summed E-state index contributed by atoms with van der Waals surface area (Å²) in [7, 11) is 0. The van der Waals surface area contributed by atoms with Gasteiger partial charge in [0.15, 0.2) is 5.58 Å². The molecule has 6 aromatic carbocycles. The van der Waals surface area contributed by atoms with Crippen LogP contribution in [-0.4, -0.2) is 9.13 Å². The zero-order chi connectivity index (χ0) is 31.7. The molecule has 1 aliphatic carbocycles. The molecule has 47 heavy (non-hydrogen) atoms. The lowest BCUT2D eigenvalue weighted by atomic mass is 9.63. The smallest absolute Gasteiger partial charge is 0.159 e. The van der Waals surface area contributed by atoms with Gasteiger partial charge in [0.25, 0.3) is 0 Å². The third kappa shape index (κ3) is 3.57. The first-order chi connectivity index (χ1) is 22.8. The van der Waals surface area contributed by atoms with Gasteiger partial charge in [-0.1, -0.05) is 100 Å². The average Bonchev–Trinajstić information content (AvgIpc) is 3.74. The summed E-state index contributed by atoms with van der Waals surface area (Å²) < 4.78 is 11.7. The zero-order valence-corrected chi connectivity index (χ0v) is 27.3. The summed E-state index contributed by atoms with van der Waals surface area (Å²) in [6.45, 7) is 9.70. The number of benzene rings is 6. The van der Waals surface area contributed by atoms with Crippen molar-refractivity contribution in [1.29, 1.82) is 0 Å². The van der Waals surface area contributed by atoms with E-state index in [4.69, 9.17) is 4.42 Å². The van der Waals surface area contributed by atoms with Crippen molar-refractivity contribution in [2.75, 3.05) is 0 Å². The summed E-state index contributed by atoms with van der Waals surface area (Å²) >= 11 is 0. The lowest BCUT2D eigenvalue weighted by Gasteiger charge is -2.42. The highest BCUT2D eigenvalue weighted by Gasteiger charge is 2.38. The van der Waals surface area contributed by atoms with E-state index in [0.717, 1.165) is 27.6 Å². The Labute approximate surface area is 273 Å². The molecule has 1 aliphatic rings. The largest absolute Gasteiger partial charge is 0.454 e. The number of fused-ring (bicyclic) bond motifs is 11. The van der Waals surface area contributed by atoms with E-state index in [1.807, 2.05) is 0 Å². The predicted octanol–water partition coefficient (Wildman–Crippen LogP) is 12.1. The maximum absolute atomic E-state index is 6.69. The van der Waals surface area contributed by atoms with E-state index in [9.17, 15) is 0 Å². The number of hydrogen-bond acceptors (Lipinski definition) is 1. The number of furan rings is 1. The van der Waals surface area contributed by atoms with Gasteiger partial charge in [0.1, 0.15) is 5.58 Å². The normalized spacial score (nSPS) is 15.8. The summed E-state index contributed by atoms with van der Waals surface area (Å²) in [5.41, 5.74) is 12.1. The van der Waals surface area contributed by atoms with Crippen molar-refractivity contribution in [1.82, 2.24) is 9.13 Å². The topological polar surface area (TPSA) is 23.0 Å². The first kappa shape index (κ1) is 26.9. The van der Waals surface area contributed by atoms with E-state index in [1.165, 1.54) is 73.3 Å². The molecule has 0 spiro atoms. The van der Waals surface area contributed by atoms with Crippen molar-refractivity contribution in [3.8, 4) is 11.4 Å². The highest BCUT2D eigenvalue weighted by Crippen LogP contribution is 2.50. The lowest BCUT2D eigenvalue weighted by Crippen LogP contribution is -2.33. The number of para-hydroxylation sites is 4. The van der Waals surface area contributed by atoms with E-state index in [-0.39, 0.29) is 10.8 Å². The van der Waals surface area contributed by atoms with Crippen LogP contribution in [0.1, 0.15) is 51.7 Å². The fraction of sp³-hybridized carbons (Fsp3) is 0.182. The van der Waals surface area contributed by atoms with Crippen molar-refractivity contribution in [2.45, 2.75) is 51.4 Å². The highest BCUT2D eigenvalue weighted by atomic mass is 16.3. The van der Waals surface area contributed by atoms with Crippen molar-refractivity contribution < 1.29 is 4.42 Å². The van der Waals surface area contributed by atoms with Crippen LogP contribution in [-0.2, 0) is 10.8 Å². The molecule has 3 nitrogen and oxygen atoms in total. The molecule has 9 aromatic rings. The molecular weight excluding hydrogens is 572 g/mol. The Morgan fingerprint density at radius 2 is 1.19 bits per heavy atom. The molecule has 0 atom stereocenters. The SMILES string of the molecule is CC1(C)CCC(C)(C)c2cc3c(cc21)c1c(ccc2c4ccccc4n(-c4ccccc4)c21)n3-c1cccc2c1oc1ccccc12. The second-order valence-electron chi connectivity index (χ2n) is 14.8. The molecule has 0 amide bonds. The Morgan fingerprint density at radius 3 is 2.00 bits per heavy atom. The number of hydrogen-bond donors (Lipinski definition) is 0. The van der Waals surface area contributed by atoms with Crippen LogP contribution in [0.5, 0.6) is 0 Å². The predicted molar refractivity (Wildman–Crippen MR) is 198 cm³/mol. The monoisotopic (exact) mass is 608 g/mol. The van der Waals surface area contributed by atoms with Crippen LogP contribution in [0.3, 0.4) is 0 Å². The lowest BCUT2D eigenvalue weighted by molar-refractivity contribution is 0.332. The fourth-order valence-corrected chi connectivity index (χ4v) is 8.63. The van der Waals surface area contributed by atoms with Gasteiger partial charge in [-0.3, -0.25) is 0 Å². The molecular formula is C44H36N2O. The quantitative estimate of drug-likeness (QED) is 0.191. The van der Waals surface area contributed by atoms with Gasteiger partial charge in [-0.2, -0.15) is 0 Å². The van der Waals surface area contributed by atoms with E-state index in [1.54, 1.807) is 0 Å². The van der Waals surface area contributed by atoms with E-state index < -0.39 is 0 Å². The maximum atomic E-state index is 6.69. The zero-order valence-electron chi connectivity index (χ0n) is 27.3. The molecule has 3 heteroatoms. The molecule has 0 aliphatic heterocycles. The Balaban J connectivity index is 1.46. The van der Waals surface area contributed by atoms with Gasteiger partial charge in [-0.25, -0.2) is 0 Å². The summed E-state index contributed by atoms with van der Waals surface area (Å²) in [6.07, 6.45) is 2.35. The van der Waals surface area contributed by atoms with Gasteiger partial charge < -0.3 is 13.6 Å². The minimum absolute atomic E-state index is 0.0833. The van der Waals surface area contributed by atoms with Gasteiger partial charge >= 0.3 is 0 Å². The minimum atomic E-state index is 0.0833. The van der Waals surface area contributed by atoms with E-state index >= 15 is 0 Å². The van der Waals surface area contributed by atoms with Crippen LogP contribution in [0.15, 0.2) is 126 Å². The van der Waals surface area contributed by atoms with Crippen LogP contribution >= 0.6 is 0 Å². The Morgan fingerprint density at radius 1 is 0.511 bits per heavy atom. The summed E-state index contributed by atoms with van der Waals surface area (Å²) in [4.78, 5) is 0. The van der Waals surface area contributed by atoms with Crippen molar-refractivity contribution >= 4 is 65.6 Å². The molecule has 0 radical (unpaired) electrons. The molecule has 0 fully saturated rings. The van der Waals surface area contributed by atoms with Gasteiger partial charge in [0.05, 0.1) is 27.8 Å². The Hall–Kier alpha value is -5.28. The molecule has 3 heterocycles. The van der Waals surface area contributed by atoms with Crippen molar-refractivity contribution in [3.63, 3.8) is 0 Å². The summed E-state index contributed by atoms with van der Waals surface area (Å²) in [5, 5.41) is 7.42. The van der Waals surface area contributed by atoms with Crippen LogP contribution in [0.25, 0.3) is 76.9 Å². The first-order valence-corrected chi connectivity index (χ1v) is 16.8. The Kier molecular flexibility index (Phi) is 5.24. The van der Waals surface area contributed by atoms with Crippen molar-refractivity contribution in [3.05, 3.63) is 132 Å². The van der Waals surface area contributed by atoms with Gasteiger partial charge in [0, 0.05) is 38.0 Å². The number of nitrogens with zero attached hydrogens (tertiary/aromatic N) is 2. The second-order valence-corrected chi connectivity index (χ2v) is 14.8. The van der Waals surface area contributed by atoms with E-state index in [2.05, 4.69) is 158 Å². The minimum Gasteiger partial charge on any atom is -0.454 e. The molecule has 228 valence electrons. The van der Waals surface area contributed by atoms with Crippen LogP contribution in [0, 0.1) is 0 Å². The third-order valence-electron chi connectivity index (χ3n) is 11.2. The highest BCUT2D eigenvalue weighted by molar-refractivity contribution is 6.26. The molecule has 0 saturated carbocycles. The molecule has 0 N–H and O–H groups in total. The Bertz CT molecular complexity index is 2730. The van der Waals surface area contributed by atoms with Gasteiger partial charge in [0.2, 0.25) is 0 Å². The third-order valence-corrected chi connectivity index (χ3v) is 11.2. The van der Waals surface area contributed by atoms with Gasteiger partial charge in [-0.05, 0) is 83.3 Å². The molecule has 0 saturated heterocycles. The standard InChI is InChI=1S/C44H36N2O/c1-43(2)23-24-44(3,4)34-26-38-32(25-33(34)43)40-36(46(38)37-19-12-17-31-29-16-9-11-20-39(29)47-42(31)37)22-21-30-28-15-8-10-18-35(28)45(41(30)40)27-13-6-5-7-14-27/h5-22,25-26H,23-24H2,1-4H3. The molecule has 0 bridgehead atoms. The van der Waals surface area contributed by atoms with Gasteiger partial charge in [-0.15, -0.1) is 0 Å². The summed E-state index contributed by atoms with van der Waals surface area (Å²) in [6, 6.07) is 44.4.